The Morgan fingerprint density at radius 3 is 2.37 bits per heavy atom. The first kappa shape index (κ1) is 19.2. The monoisotopic (exact) mass is 381 g/mol. The van der Waals surface area contributed by atoms with Crippen LogP contribution in [-0.4, -0.2) is 21.7 Å². The van der Waals surface area contributed by atoms with Crippen LogP contribution in [0.1, 0.15) is 64.8 Å². The third-order valence-electron chi connectivity index (χ3n) is 4.40. The zero-order chi connectivity index (χ0) is 19.9. The van der Waals surface area contributed by atoms with E-state index in [0.29, 0.717) is 16.1 Å². The summed E-state index contributed by atoms with van der Waals surface area (Å²) in [6, 6.07) is 7.02. The number of para-hydroxylation sites is 1. The Balaban J connectivity index is 2.05. The Morgan fingerprint density at radius 2 is 1.74 bits per heavy atom. The van der Waals surface area contributed by atoms with Crippen LogP contribution >= 0.6 is 11.3 Å². The van der Waals surface area contributed by atoms with E-state index in [2.05, 4.69) is 31.1 Å². The molecule has 0 saturated carbocycles. The molecule has 0 atom stereocenters. The highest BCUT2D eigenvalue weighted by Crippen LogP contribution is 2.33. The number of aromatic nitrogens is 2. The highest BCUT2D eigenvalue weighted by molar-refractivity contribution is 7.20. The minimum absolute atomic E-state index is 0.0875. The van der Waals surface area contributed by atoms with Crippen LogP contribution in [0.5, 0.6) is 0 Å². The minimum atomic E-state index is -0.235. The lowest BCUT2D eigenvalue weighted by Crippen LogP contribution is -2.16. The summed E-state index contributed by atoms with van der Waals surface area (Å²) in [7, 11) is 0. The van der Waals surface area contributed by atoms with Crippen molar-refractivity contribution < 1.29 is 9.59 Å². The van der Waals surface area contributed by atoms with Crippen LogP contribution in [-0.2, 0) is 5.41 Å². The summed E-state index contributed by atoms with van der Waals surface area (Å²) in [5.74, 6) is 0.444. The van der Waals surface area contributed by atoms with Gasteiger partial charge in [0.25, 0.3) is 5.91 Å². The quantitative estimate of drug-likeness (QED) is 0.644. The first-order chi connectivity index (χ1) is 12.6. The number of hydrogen-bond acceptors (Lipinski definition) is 5. The van der Waals surface area contributed by atoms with Gasteiger partial charge in [-0.2, -0.15) is 0 Å². The second-order valence-corrected chi connectivity index (χ2v) is 8.67. The number of amides is 1. The van der Waals surface area contributed by atoms with Gasteiger partial charge in [-0.25, -0.2) is 9.97 Å². The molecule has 0 unspecified atom stereocenters. The molecule has 2 aromatic heterocycles. The number of carbonyl (C=O) groups is 2. The summed E-state index contributed by atoms with van der Waals surface area (Å²) in [5, 5.41) is 3.81. The van der Waals surface area contributed by atoms with E-state index in [0.717, 1.165) is 27.3 Å². The molecule has 140 valence electrons. The second kappa shape index (κ2) is 6.85. The molecule has 1 aromatic carbocycles. The maximum Gasteiger partial charge on any atom is 0.266 e. The summed E-state index contributed by atoms with van der Waals surface area (Å²) in [6.45, 7) is 11.6. The third-order valence-corrected chi connectivity index (χ3v) is 5.59. The van der Waals surface area contributed by atoms with Gasteiger partial charge in [0.05, 0.1) is 16.3 Å². The van der Waals surface area contributed by atoms with Gasteiger partial charge in [0.1, 0.15) is 10.7 Å². The third kappa shape index (κ3) is 3.62. The van der Waals surface area contributed by atoms with Gasteiger partial charge in [-0.1, -0.05) is 32.9 Å². The lowest BCUT2D eigenvalue weighted by molar-refractivity contribution is 0.101. The topological polar surface area (TPSA) is 72.0 Å². The Kier molecular flexibility index (Phi) is 4.86. The lowest BCUT2D eigenvalue weighted by Gasteiger charge is -2.16. The molecule has 27 heavy (non-hydrogen) atoms. The second-order valence-electron chi connectivity index (χ2n) is 7.67. The number of aryl methyl sites for hydroxylation is 2. The maximum absolute atomic E-state index is 12.9. The fourth-order valence-corrected chi connectivity index (χ4v) is 4.10. The predicted molar refractivity (Wildman–Crippen MR) is 110 cm³/mol. The van der Waals surface area contributed by atoms with Crippen LogP contribution in [0.4, 0.5) is 5.69 Å². The number of rotatable bonds is 3. The summed E-state index contributed by atoms with van der Waals surface area (Å²) in [4.78, 5) is 35.5. The number of benzene rings is 1. The standard InChI is InChI=1S/C21H23N3O2S/c1-11-16-12(2)22-20(21(4,5)6)24-19(16)27-17(11)18(26)23-15-10-8-7-9-14(15)13(3)25/h7-10H,1-6H3,(H,23,26). The molecule has 6 heteroatoms. The lowest BCUT2D eigenvalue weighted by atomic mass is 9.95. The highest BCUT2D eigenvalue weighted by atomic mass is 32.1. The molecule has 0 spiro atoms. The number of anilines is 1. The first-order valence-corrected chi connectivity index (χ1v) is 9.60. The highest BCUT2D eigenvalue weighted by Gasteiger charge is 2.23. The summed E-state index contributed by atoms with van der Waals surface area (Å²) in [5.41, 5.74) is 2.59. The Morgan fingerprint density at radius 1 is 1.07 bits per heavy atom. The largest absolute Gasteiger partial charge is 0.321 e. The van der Waals surface area contributed by atoms with Crippen molar-refractivity contribution in [1.29, 1.82) is 0 Å². The van der Waals surface area contributed by atoms with Crippen molar-refractivity contribution in [3.63, 3.8) is 0 Å². The van der Waals surface area contributed by atoms with E-state index in [-0.39, 0.29) is 17.1 Å². The Bertz CT molecular complexity index is 1060. The average molecular weight is 382 g/mol. The number of fused-ring (bicyclic) bond motifs is 1. The zero-order valence-electron chi connectivity index (χ0n) is 16.4. The van der Waals surface area contributed by atoms with Crippen molar-refractivity contribution in [2.24, 2.45) is 0 Å². The molecule has 0 aliphatic heterocycles. The minimum Gasteiger partial charge on any atom is -0.321 e. The van der Waals surface area contributed by atoms with Crippen molar-refractivity contribution in [2.75, 3.05) is 5.32 Å². The average Bonchev–Trinajstić information content (AvgIpc) is 2.92. The van der Waals surface area contributed by atoms with Crippen molar-refractivity contribution in [3.8, 4) is 0 Å². The van der Waals surface area contributed by atoms with E-state index in [1.54, 1.807) is 24.3 Å². The predicted octanol–water partition coefficient (Wildman–Crippen LogP) is 5.06. The van der Waals surface area contributed by atoms with Crippen molar-refractivity contribution >= 4 is 38.9 Å². The van der Waals surface area contributed by atoms with Gasteiger partial charge in [0.2, 0.25) is 0 Å². The molecule has 1 amide bonds. The molecule has 3 rings (SSSR count). The Hall–Kier alpha value is -2.60. The summed E-state index contributed by atoms with van der Waals surface area (Å²) >= 11 is 1.36. The molecule has 0 aliphatic rings. The molecule has 0 radical (unpaired) electrons. The maximum atomic E-state index is 12.9. The van der Waals surface area contributed by atoms with Gasteiger partial charge >= 0.3 is 0 Å². The van der Waals surface area contributed by atoms with E-state index >= 15 is 0 Å². The fraction of sp³-hybridized carbons (Fsp3) is 0.333. The molecule has 0 fully saturated rings. The molecule has 0 aliphatic carbocycles. The molecule has 0 saturated heterocycles. The van der Waals surface area contributed by atoms with Crippen molar-refractivity contribution in [2.45, 2.75) is 47.0 Å². The van der Waals surface area contributed by atoms with Crippen LogP contribution in [0.25, 0.3) is 10.2 Å². The van der Waals surface area contributed by atoms with Crippen LogP contribution in [0.2, 0.25) is 0 Å². The van der Waals surface area contributed by atoms with Crippen LogP contribution < -0.4 is 5.32 Å². The van der Waals surface area contributed by atoms with E-state index in [9.17, 15) is 9.59 Å². The number of thiophene rings is 1. The molecular formula is C21H23N3O2S. The zero-order valence-corrected chi connectivity index (χ0v) is 17.2. The molecule has 0 bridgehead atoms. The van der Waals surface area contributed by atoms with Gasteiger partial charge in [0.15, 0.2) is 5.78 Å². The van der Waals surface area contributed by atoms with Gasteiger partial charge in [-0.3, -0.25) is 9.59 Å². The normalized spacial score (nSPS) is 11.6. The van der Waals surface area contributed by atoms with Gasteiger partial charge in [-0.15, -0.1) is 11.3 Å². The molecule has 1 N–H and O–H groups in total. The summed E-state index contributed by atoms with van der Waals surface area (Å²) < 4.78 is 0. The van der Waals surface area contributed by atoms with Crippen molar-refractivity contribution in [1.82, 2.24) is 9.97 Å². The number of carbonyl (C=O) groups excluding carboxylic acids is 2. The number of nitrogens with zero attached hydrogens (tertiary/aromatic N) is 2. The van der Waals surface area contributed by atoms with E-state index < -0.39 is 0 Å². The van der Waals surface area contributed by atoms with E-state index in [4.69, 9.17) is 4.98 Å². The number of hydrogen-bond donors (Lipinski definition) is 1. The molecular weight excluding hydrogens is 358 g/mol. The van der Waals surface area contributed by atoms with Gasteiger partial charge in [0, 0.05) is 16.4 Å². The number of Topliss-reactive ketones (excluding diaryl/α,β-unsaturated/α-hetero) is 1. The first-order valence-electron chi connectivity index (χ1n) is 8.79. The molecule has 2 heterocycles. The fourth-order valence-electron chi connectivity index (χ4n) is 2.97. The van der Waals surface area contributed by atoms with Crippen molar-refractivity contribution in [3.05, 3.63) is 51.8 Å². The van der Waals surface area contributed by atoms with Gasteiger partial charge in [-0.05, 0) is 38.5 Å². The molecule has 5 nitrogen and oxygen atoms in total. The van der Waals surface area contributed by atoms with E-state index in [1.165, 1.54) is 18.3 Å². The van der Waals surface area contributed by atoms with E-state index in [1.807, 2.05) is 13.8 Å². The molecule has 3 aromatic rings. The Labute approximate surface area is 162 Å². The van der Waals surface area contributed by atoms with Crippen LogP contribution in [0.3, 0.4) is 0 Å². The number of nitrogens with one attached hydrogen (secondary N) is 1. The number of ketones is 1. The van der Waals surface area contributed by atoms with Crippen LogP contribution in [0, 0.1) is 13.8 Å². The van der Waals surface area contributed by atoms with Crippen LogP contribution in [0.15, 0.2) is 24.3 Å². The van der Waals surface area contributed by atoms with Gasteiger partial charge < -0.3 is 5.32 Å². The summed E-state index contributed by atoms with van der Waals surface area (Å²) in [6.07, 6.45) is 0. The smallest absolute Gasteiger partial charge is 0.266 e. The SMILES string of the molecule is CC(=O)c1ccccc1NC(=O)c1sc2nc(C(C)(C)C)nc(C)c2c1C.